The number of aryl methyl sites for hydroxylation is 2. The molecule has 2 aromatic carbocycles. The van der Waals surface area contributed by atoms with Crippen LogP contribution in [0.4, 0.5) is 5.69 Å². The molecule has 7 nitrogen and oxygen atoms in total. The second kappa shape index (κ2) is 10.2. The second-order valence-corrected chi connectivity index (χ2v) is 8.00. The lowest BCUT2D eigenvalue weighted by molar-refractivity contribution is -0.134. The number of anilines is 1. The SMILES string of the molecule is Cc1cccc(C)c1NC(=O)CN(C)C(=O)CN1CCN(C(=O)c2ccccc2)CC1. The van der Waals surface area contributed by atoms with Gasteiger partial charge in [0.2, 0.25) is 11.8 Å². The molecule has 2 aromatic rings. The zero-order valence-corrected chi connectivity index (χ0v) is 18.4. The van der Waals surface area contributed by atoms with E-state index >= 15 is 0 Å². The van der Waals surface area contributed by atoms with Crippen LogP contribution < -0.4 is 5.32 Å². The summed E-state index contributed by atoms with van der Waals surface area (Å²) in [5, 5.41) is 2.91. The third-order valence-electron chi connectivity index (χ3n) is 5.59. The van der Waals surface area contributed by atoms with Crippen molar-refractivity contribution in [2.24, 2.45) is 0 Å². The number of carbonyl (C=O) groups excluding carboxylic acids is 3. The normalized spacial score (nSPS) is 14.2. The van der Waals surface area contributed by atoms with Gasteiger partial charge >= 0.3 is 0 Å². The highest BCUT2D eigenvalue weighted by atomic mass is 16.2. The van der Waals surface area contributed by atoms with Crippen molar-refractivity contribution in [2.75, 3.05) is 51.6 Å². The third-order valence-corrected chi connectivity index (χ3v) is 5.59. The van der Waals surface area contributed by atoms with Crippen LogP contribution in [0.1, 0.15) is 21.5 Å². The summed E-state index contributed by atoms with van der Waals surface area (Å²) in [4.78, 5) is 42.8. The highest BCUT2D eigenvalue weighted by molar-refractivity contribution is 5.96. The predicted molar refractivity (Wildman–Crippen MR) is 121 cm³/mol. The number of benzene rings is 2. The van der Waals surface area contributed by atoms with Gasteiger partial charge in [0, 0.05) is 44.5 Å². The summed E-state index contributed by atoms with van der Waals surface area (Å²) in [7, 11) is 1.64. The molecule has 0 radical (unpaired) electrons. The molecule has 164 valence electrons. The molecule has 1 N–H and O–H groups in total. The van der Waals surface area contributed by atoms with Crippen LogP contribution in [0.3, 0.4) is 0 Å². The molecular weight excluding hydrogens is 392 g/mol. The van der Waals surface area contributed by atoms with Gasteiger partial charge in [-0.05, 0) is 37.1 Å². The second-order valence-electron chi connectivity index (χ2n) is 8.00. The molecular formula is C24H30N4O3. The Morgan fingerprint density at radius 2 is 1.52 bits per heavy atom. The van der Waals surface area contributed by atoms with Crippen LogP contribution >= 0.6 is 0 Å². The molecule has 0 saturated carbocycles. The molecule has 31 heavy (non-hydrogen) atoms. The van der Waals surface area contributed by atoms with Gasteiger partial charge in [-0.2, -0.15) is 0 Å². The van der Waals surface area contributed by atoms with Gasteiger partial charge in [-0.1, -0.05) is 36.4 Å². The fourth-order valence-corrected chi connectivity index (χ4v) is 3.68. The van der Waals surface area contributed by atoms with Crippen molar-refractivity contribution in [1.82, 2.24) is 14.7 Å². The summed E-state index contributed by atoms with van der Waals surface area (Å²) >= 11 is 0. The minimum absolute atomic E-state index is 0.000927. The molecule has 1 aliphatic heterocycles. The maximum atomic E-state index is 12.6. The van der Waals surface area contributed by atoms with Crippen molar-refractivity contribution in [3.8, 4) is 0 Å². The van der Waals surface area contributed by atoms with E-state index in [9.17, 15) is 14.4 Å². The van der Waals surface area contributed by atoms with E-state index in [-0.39, 0.29) is 30.8 Å². The minimum atomic E-state index is -0.216. The van der Waals surface area contributed by atoms with Gasteiger partial charge in [-0.3, -0.25) is 19.3 Å². The summed E-state index contributed by atoms with van der Waals surface area (Å²) in [6.45, 7) is 6.55. The Balaban J connectivity index is 1.45. The molecule has 0 bridgehead atoms. The monoisotopic (exact) mass is 422 g/mol. The van der Waals surface area contributed by atoms with Crippen LogP contribution in [0.25, 0.3) is 0 Å². The Morgan fingerprint density at radius 3 is 2.13 bits per heavy atom. The Hall–Kier alpha value is -3.19. The fraction of sp³-hybridized carbons (Fsp3) is 0.375. The maximum Gasteiger partial charge on any atom is 0.253 e. The van der Waals surface area contributed by atoms with Crippen LogP contribution in [-0.2, 0) is 9.59 Å². The van der Waals surface area contributed by atoms with Crippen LogP contribution in [0, 0.1) is 13.8 Å². The van der Waals surface area contributed by atoms with E-state index in [4.69, 9.17) is 0 Å². The van der Waals surface area contributed by atoms with Gasteiger partial charge < -0.3 is 15.1 Å². The van der Waals surface area contributed by atoms with Gasteiger partial charge in [0.05, 0.1) is 13.1 Å². The Kier molecular flexibility index (Phi) is 7.41. The molecule has 0 aromatic heterocycles. The number of hydrogen-bond acceptors (Lipinski definition) is 4. The first kappa shape index (κ1) is 22.5. The Bertz CT molecular complexity index is 917. The lowest BCUT2D eigenvalue weighted by Gasteiger charge is -2.35. The average molecular weight is 423 g/mol. The zero-order chi connectivity index (χ0) is 22.4. The van der Waals surface area contributed by atoms with Crippen molar-refractivity contribution >= 4 is 23.4 Å². The average Bonchev–Trinajstić information content (AvgIpc) is 2.77. The van der Waals surface area contributed by atoms with Crippen LogP contribution in [0.2, 0.25) is 0 Å². The summed E-state index contributed by atoms with van der Waals surface area (Å²) in [6.07, 6.45) is 0. The van der Waals surface area contributed by atoms with Crippen LogP contribution in [0.5, 0.6) is 0 Å². The molecule has 3 rings (SSSR count). The van der Waals surface area contributed by atoms with Gasteiger partial charge in [0.25, 0.3) is 5.91 Å². The number of nitrogens with one attached hydrogen (secondary N) is 1. The molecule has 7 heteroatoms. The van der Waals surface area contributed by atoms with Gasteiger partial charge in [-0.25, -0.2) is 0 Å². The van der Waals surface area contributed by atoms with E-state index in [0.29, 0.717) is 31.7 Å². The summed E-state index contributed by atoms with van der Waals surface area (Å²) in [6, 6.07) is 15.1. The highest BCUT2D eigenvalue weighted by Crippen LogP contribution is 2.19. The van der Waals surface area contributed by atoms with Crippen LogP contribution in [0.15, 0.2) is 48.5 Å². The maximum absolute atomic E-state index is 12.6. The Labute approximate surface area is 183 Å². The topological polar surface area (TPSA) is 73.0 Å². The minimum Gasteiger partial charge on any atom is -0.336 e. The highest BCUT2D eigenvalue weighted by Gasteiger charge is 2.24. The number of piperazine rings is 1. The standard InChI is InChI=1S/C24H30N4O3/c1-18-8-7-9-19(2)23(18)25-21(29)16-26(3)22(30)17-27-12-14-28(15-13-27)24(31)20-10-5-4-6-11-20/h4-11H,12-17H2,1-3H3,(H,25,29). The van der Waals surface area contributed by atoms with Crippen molar-refractivity contribution in [3.63, 3.8) is 0 Å². The molecule has 3 amide bonds. The fourth-order valence-electron chi connectivity index (χ4n) is 3.68. The van der Waals surface area contributed by atoms with E-state index in [1.165, 1.54) is 4.90 Å². The molecule has 1 aliphatic rings. The lowest BCUT2D eigenvalue weighted by atomic mass is 10.1. The van der Waals surface area contributed by atoms with Gasteiger partial charge in [0.15, 0.2) is 0 Å². The molecule has 0 aliphatic carbocycles. The molecule has 1 saturated heterocycles. The van der Waals surface area contributed by atoms with Crippen molar-refractivity contribution < 1.29 is 14.4 Å². The first-order valence-electron chi connectivity index (χ1n) is 10.5. The summed E-state index contributed by atoms with van der Waals surface area (Å²) < 4.78 is 0. The number of nitrogens with zero attached hydrogens (tertiary/aromatic N) is 3. The first-order valence-corrected chi connectivity index (χ1v) is 10.5. The number of likely N-dealkylation sites (N-methyl/N-ethyl adjacent to an activating group) is 1. The number of amides is 3. The predicted octanol–water partition coefficient (Wildman–Crippen LogP) is 2.16. The van der Waals surface area contributed by atoms with Crippen molar-refractivity contribution in [1.29, 1.82) is 0 Å². The summed E-state index contributed by atoms with van der Waals surface area (Å²) in [5.74, 6) is -0.308. The van der Waals surface area contributed by atoms with Gasteiger partial charge in [0.1, 0.15) is 0 Å². The third kappa shape index (κ3) is 5.92. The van der Waals surface area contributed by atoms with Crippen molar-refractivity contribution in [3.05, 3.63) is 65.2 Å². The number of rotatable bonds is 6. The number of carbonyl (C=O) groups is 3. The van der Waals surface area contributed by atoms with E-state index in [1.54, 1.807) is 7.05 Å². The smallest absolute Gasteiger partial charge is 0.253 e. The summed E-state index contributed by atoms with van der Waals surface area (Å²) in [5.41, 5.74) is 3.46. The van der Waals surface area contributed by atoms with E-state index < -0.39 is 0 Å². The van der Waals surface area contributed by atoms with Crippen molar-refractivity contribution in [2.45, 2.75) is 13.8 Å². The largest absolute Gasteiger partial charge is 0.336 e. The number of hydrogen-bond donors (Lipinski definition) is 1. The van der Waals surface area contributed by atoms with Gasteiger partial charge in [-0.15, -0.1) is 0 Å². The van der Waals surface area contributed by atoms with Crippen LogP contribution in [-0.4, -0.2) is 78.7 Å². The molecule has 0 atom stereocenters. The number of para-hydroxylation sites is 1. The Morgan fingerprint density at radius 1 is 0.903 bits per heavy atom. The molecule has 0 spiro atoms. The molecule has 0 unspecified atom stereocenters. The van der Waals surface area contributed by atoms with E-state index in [2.05, 4.69) is 5.32 Å². The zero-order valence-electron chi connectivity index (χ0n) is 18.4. The quantitative estimate of drug-likeness (QED) is 0.774. The first-order chi connectivity index (χ1) is 14.8. The molecule has 1 heterocycles. The molecule has 1 fully saturated rings. The lowest BCUT2D eigenvalue weighted by Crippen LogP contribution is -2.51. The van der Waals surface area contributed by atoms with E-state index in [0.717, 1.165) is 16.8 Å². The van der Waals surface area contributed by atoms with E-state index in [1.807, 2.05) is 72.2 Å².